The van der Waals surface area contributed by atoms with Crippen molar-refractivity contribution in [3.8, 4) is 0 Å². The summed E-state index contributed by atoms with van der Waals surface area (Å²) in [6, 6.07) is 5.53. The van der Waals surface area contributed by atoms with Crippen molar-refractivity contribution < 1.29 is 4.79 Å². The summed E-state index contributed by atoms with van der Waals surface area (Å²) in [6.45, 7) is 8.41. The summed E-state index contributed by atoms with van der Waals surface area (Å²) in [5, 5.41) is 7.30. The van der Waals surface area contributed by atoms with Gasteiger partial charge in [0.05, 0.1) is 11.7 Å². The zero-order valence-corrected chi connectivity index (χ0v) is 14.2. The zero-order valence-electron chi connectivity index (χ0n) is 14.2. The van der Waals surface area contributed by atoms with E-state index in [2.05, 4.69) is 36.2 Å². The second-order valence-corrected chi connectivity index (χ2v) is 7.04. The molecule has 0 aliphatic heterocycles. The molecule has 23 heavy (non-hydrogen) atoms. The largest absolute Gasteiger partial charge is 0.384 e. The van der Waals surface area contributed by atoms with E-state index in [9.17, 15) is 4.79 Å². The van der Waals surface area contributed by atoms with Gasteiger partial charge < -0.3 is 11.1 Å². The number of nitrogens with zero attached hydrogens (tertiary/aromatic N) is 3. The molecule has 2 rings (SSSR count). The number of hydrogen-bond acceptors (Lipinski definition) is 4. The predicted molar refractivity (Wildman–Crippen MR) is 90.6 cm³/mol. The third-order valence-electron chi connectivity index (χ3n) is 3.47. The molecule has 1 atom stereocenters. The van der Waals surface area contributed by atoms with Crippen molar-refractivity contribution in [2.75, 3.05) is 5.73 Å². The molecule has 3 N–H and O–H groups in total. The van der Waals surface area contributed by atoms with Gasteiger partial charge in [0.15, 0.2) is 0 Å². The first-order valence-electron chi connectivity index (χ1n) is 7.74. The lowest BCUT2D eigenvalue weighted by Crippen LogP contribution is -2.34. The molecule has 0 unspecified atom stereocenters. The number of aryl methyl sites for hydroxylation is 1. The van der Waals surface area contributed by atoms with E-state index >= 15 is 0 Å². The van der Waals surface area contributed by atoms with Gasteiger partial charge in [0.2, 0.25) is 5.91 Å². The standard InChI is InChI=1S/C17H25N5O/c1-12-8-15(18)22(21-12)11-16(23)20-14(9-17(2,3)4)13-6-5-7-19-10-13/h5-8,10,14H,9,11,18H2,1-4H3,(H,20,23)/t14-/m1/s1. The minimum absolute atomic E-state index is 0.0785. The number of anilines is 1. The van der Waals surface area contributed by atoms with Crippen LogP contribution in [0.1, 0.15) is 44.5 Å². The Balaban J connectivity index is 2.11. The highest BCUT2D eigenvalue weighted by molar-refractivity contribution is 5.76. The van der Waals surface area contributed by atoms with Gasteiger partial charge in [-0.15, -0.1) is 0 Å². The average Bonchev–Trinajstić information content (AvgIpc) is 2.75. The van der Waals surface area contributed by atoms with Crippen molar-refractivity contribution in [3.05, 3.63) is 41.9 Å². The number of nitrogen functional groups attached to an aromatic ring is 1. The van der Waals surface area contributed by atoms with Crippen LogP contribution in [-0.2, 0) is 11.3 Å². The van der Waals surface area contributed by atoms with Gasteiger partial charge in [0.1, 0.15) is 12.4 Å². The molecule has 124 valence electrons. The van der Waals surface area contributed by atoms with Gasteiger partial charge in [-0.25, -0.2) is 4.68 Å². The Morgan fingerprint density at radius 2 is 2.17 bits per heavy atom. The first kappa shape index (κ1) is 17.0. The highest BCUT2D eigenvalue weighted by Crippen LogP contribution is 2.29. The molecule has 6 heteroatoms. The number of pyridine rings is 1. The third kappa shape index (κ3) is 5.09. The smallest absolute Gasteiger partial charge is 0.242 e. The number of carbonyl (C=O) groups excluding carboxylic acids is 1. The second kappa shape index (κ2) is 6.81. The summed E-state index contributed by atoms with van der Waals surface area (Å²) in [6.07, 6.45) is 4.34. The second-order valence-electron chi connectivity index (χ2n) is 7.04. The van der Waals surface area contributed by atoms with E-state index in [-0.39, 0.29) is 23.9 Å². The molecular weight excluding hydrogens is 290 g/mol. The molecule has 0 saturated heterocycles. The number of amides is 1. The van der Waals surface area contributed by atoms with Crippen molar-refractivity contribution in [1.29, 1.82) is 0 Å². The van der Waals surface area contributed by atoms with Crippen LogP contribution < -0.4 is 11.1 Å². The summed E-state index contributed by atoms with van der Waals surface area (Å²) >= 11 is 0. The number of aromatic nitrogens is 3. The Hall–Kier alpha value is -2.37. The van der Waals surface area contributed by atoms with Gasteiger partial charge in [-0.1, -0.05) is 26.8 Å². The molecule has 0 radical (unpaired) electrons. The molecule has 0 aromatic carbocycles. The van der Waals surface area contributed by atoms with Crippen molar-refractivity contribution in [2.24, 2.45) is 5.41 Å². The molecule has 6 nitrogen and oxygen atoms in total. The van der Waals surface area contributed by atoms with E-state index in [0.717, 1.165) is 17.7 Å². The van der Waals surface area contributed by atoms with Crippen LogP contribution in [0.5, 0.6) is 0 Å². The van der Waals surface area contributed by atoms with Crippen LogP contribution in [0.2, 0.25) is 0 Å². The molecule has 0 aliphatic rings. The fourth-order valence-electron chi connectivity index (χ4n) is 2.51. The Kier molecular flexibility index (Phi) is 5.03. The van der Waals surface area contributed by atoms with Crippen LogP contribution in [0.3, 0.4) is 0 Å². The molecule has 2 aromatic rings. The van der Waals surface area contributed by atoms with Crippen molar-refractivity contribution in [3.63, 3.8) is 0 Å². The van der Waals surface area contributed by atoms with Crippen LogP contribution in [0, 0.1) is 12.3 Å². The first-order chi connectivity index (χ1) is 10.7. The molecule has 2 aromatic heterocycles. The van der Waals surface area contributed by atoms with Crippen LogP contribution in [0.4, 0.5) is 5.82 Å². The molecule has 0 saturated carbocycles. The Morgan fingerprint density at radius 1 is 1.43 bits per heavy atom. The lowest BCUT2D eigenvalue weighted by molar-refractivity contribution is -0.122. The topological polar surface area (TPSA) is 85.8 Å². The summed E-state index contributed by atoms with van der Waals surface area (Å²) < 4.78 is 1.52. The van der Waals surface area contributed by atoms with E-state index < -0.39 is 0 Å². The summed E-state index contributed by atoms with van der Waals surface area (Å²) in [4.78, 5) is 16.6. The Bertz CT molecular complexity index is 657. The summed E-state index contributed by atoms with van der Waals surface area (Å²) in [7, 11) is 0. The van der Waals surface area contributed by atoms with Gasteiger partial charge >= 0.3 is 0 Å². The third-order valence-corrected chi connectivity index (χ3v) is 3.47. The van der Waals surface area contributed by atoms with Crippen molar-refractivity contribution >= 4 is 11.7 Å². The summed E-state index contributed by atoms with van der Waals surface area (Å²) in [5.41, 5.74) is 7.72. The van der Waals surface area contributed by atoms with E-state index in [1.807, 2.05) is 19.1 Å². The highest BCUT2D eigenvalue weighted by Gasteiger charge is 2.22. The van der Waals surface area contributed by atoms with Crippen LogP contribution >= 0.6 is 0 Å². The first-order valence-corrected chi connectivity index (χ1v) is 7.74. The molecular formula is C17H25N5O. The quantitative estimate of drug-likeness (QED) is 0.887. The average molecular weight is 315 g/mol. The van der Waals surface area contributed by atoms with E-state index in [4.69, 9.17) is 5.73 Å². The van der Waals surface area contributed by atoms with Crippen molar-refractivity contribution in [1.82, 2.24) is 20.1 Å². The van der Waals surface area contributed by atoms with Gasteiger partial charge in [0.25, 0.3) is 0 Å². The molecule has 0 aliphatic carbocycles. The van der Waals surface area contributed by atoms with Crippen LogP contribution in [0.25, 0.3) is 0 Å². The van der Waals surface area contributed by atoms with Gasteiger partial charge in [0, 0.05) is 18.5 Å². The normalized spacial score (nSPS) is 12.9. The van der Waals surface area contributed by atoms with Crippen LogP contribution in [-0.4, -0.2) is 20.7 Å². The molecule has 0 spiro atoms. The van der Waals surface area contributed by atoms with E-state index in [1.54, 1.807) is 18.5 Å². The van der Waals surface area contributed by atoms with E-state index in [0.29, 0.717) is 5.82 Å². The molecule has 2 heterocycles. The number of rotatable bonds is 5. The number of hydrogen-bond donors (Lipinski definition) is 2. The number of nitrogens with one attached hydrogen (secondary N) is 1. The number of carbonyl (C=O) groups is 1. The maximum atomic E-state index is 12.4. The lowest BCUT2D eigenvalue weighted by Gasteiger charge is -2.27. The molecule has 0 fully saturated rings. The van der Waals surface area contributed by atoms with Crippen LogP contribution in [0.15, 0.2) is 30.6 Å². The van der Waals surface area contributed by atoms with Gasteiger partial charge in [-0.3, -0.25) is 9.78 Å². The molecule has 1 amide bonds. The zero-order chi connectivity index (χ0) is 17.0. The van der Waals surface area contributed by atoms with Crippen molar-refractivity contribution in [2.45, 2.75) is 46.7 Å². The summed E-state index contributed by atoms with van der Waals surface area (Å²) in [5.74, 6) is 0.379. The SMILES string of the molecule is Cc1cc(N)n(CC(=O)N[C@H](CC(C)(C)C)c2cccnc2)n1. The Labute approximate surface area is 137 Å². The minimum atomic E-state index is -0.113. The predicted octanol–water partition coefficient (Wildman–Crippen LogP) is 2.46. The van der Waals surface area contributed by atoms with E-state index in [1.165, 1.54) is 4.68 Å². The maximum Gasteiger partial charge on any atom is 0.242 e. The molecule has 0 bridgehead atoms. The minimum Gasteiger partial charge on any atom is -0.384 e. The number of nitrogens with two attached hydrogens (primary N) is 1. The van der Waals surface area contributed by atoms with Gasteiger partial charge in [-0.2, -0.15) is 5.10 Å². The lowest BCUT2D eigenvalue weighted by atomic mass is 9.86. The monoisotopic (exact) mass is 315 g/mol. The fraction of sp³-hybridized carbons (Fsp3) is 0.471. The van der Waals surface area contributed by atoms with Gasteiger partial charge in [-0.05, 0) is 30.4 Å². The highest BCUT2D eigenvalue weighted by atomic mass is 16.2. The maximum absolute atomic E-state index is 12.4. The fourth-order valence-corrected chi connectivity index (χ4v) is 2.51. The Morgan fingerprint density at radius 3 is 2.70 bits per heavy atom.